The molecule has 0 atom stereocenters. The first kappa shape index (κ1) is 12.3. The minimum absolute atomic E-state index is 0.0110. The summed E-state index contributed by atoms with van der Waals surface area (Å²) < 4.78 is 1.99. The van der Waals surface area contributed by atoms with E-state index in [1.807, 2.05) is 23.6 Å². The molecular weight excluding hydrogens is 260 g/mol. The van der Waals surface area contributed by atoms with Crippen molar-refractivity contribution in [2.45, 2.75) is 18.6 Å². The fourth-order valence-corrected chi connectivity index (χ4v) is 2.59. The molecule has 2 aromatic rings. The molecule has 0 spiro atoms. The van der Waals surface area contributed by atoms with Gasteiger partial charge in [0.1, 0.15) is 0 Å². The summed E-state index contributed by atoms with van der Waals surface area (Å²) in [5.74, 6) is -0.834. The second-order valence-corrected chi connectivity index (χ2v) is 4.83. The molecule has 0 saturated carbocycles. The summed E-state index contributed by atoms with van der Waals surface area (Å²) in [7, 11) is 0. The lowest BCUT2D eigenvalue weighted by Gasteiger charge is -2.03. The minimum atomic E-state index is -0.845. The van der Waals surface area contributed by atoms with Crippen LogP contribution in [0.3, 0.4) is 0 Å². The van der Waals surface area contributed by atoms with Crippen LogP contribution in [0.25, 0.3) is 11.0 Å². The Morgan fingerprint density at radius 3 is 3.00 bits per heavy atom. The van der Waals surface area contributed by atoms with E-state index in [9.17, 15) is 4.79 Å². The standard InChI is InChI=1S/C11H11ClN2O2S/c1-2-14-9-4-3-7(12)5-8(9)13-11(14)17-6-10(15)16/h3-5H,2,6H2,1H3,(H,15,16). The van der Waals surface area contributed by atoms with Crippen molar-refractivity contribution in [3.63, 3.8) is 0 Å². The highest BCUT2D eigenvalue weighted by Crippen LogP contribution is 2.25. The second kappa shape index (κ2) is 4.98. The largest absolute Gasteiger partial charge is 0.481 e. The summed E-state index contributed by atoms with van der Waals surface area (Å²) in [6.45, 7) is 2.75. The fraction of sp³-hybridized carbons (Fsp3) is 0.273. The lowest BCUT2D eigenvalue weighted by atomic mass is 10.3. The van der Waals surface area contributed by atoms with Gasteiger partial charge in [0, 0.05) is 11.6 Å². The molecule has 4 nitrogen and oxygen atoms in total. The first-order valence-electron chi connectivity index (χ1n) is 5.12. The molecule has 0 radical (unpaired) electrons. The quantitative estimate of drug-likeness (QED) is 0.868. The lowest BCUT2D eigenvalue weighted by Crippen LogP contribution is -2.01. The van der Waals surface area contributed by atoms with Gasteiger partial charge in [-0.25, -0.2) is 4.98 Å². The Morgan fingerprint density at radius 2 is 2.35 bits per heavy atom. The summed E-state index contributed by atoms with van der Waals surface area (Å²) in [6.07, 6.45) is 0. The van der Waals surface area contributed by atoms with Crippen LogP contribution in [0, 0.1) is 0 Å². The highest BCUT2D eigenvalue weighted by atomic mass is 35.5. The van der Waals surface area contributed by atoms with E-state index in [1.165, 1.54) is 11.8 Å². The number of carboxylic acid groups (broad SMARTS) is 1. The number of thioether (sulfide) groups is 1. The van der Waals surface area contributed by atoms with Gasteiger partial charge in [-0.05, 0) is 25.1 Å². The van der Waals surface area contributed by atoms with E-state index >= 15 is 0 Å². The van der Waals surface area contributed by atoms with E-state index in [2.05, 4.69) is 4.98 Å². The number of aliphatic carboxylic acids is 1. The van der Waals surface area contributed by atoms with E-state index in [0.717, 1.165) is 17.6 Å². The van der Waals surface area contributed by atoms with Crippen LogP contribution < -0.4 is 0 Å². The van der Waals surface area contributed by atoms with E-state index in [1.54, 1.807) is 6.07 Å². The first-order valence-corrected chi connectivity index (χ1v) is 6.48. The second-order valence-electron chi connectivity index (χ2n) is 3.45. The van der Waals surface area contributed by atoms with Crippen LogP contribution in [0.1, 0.15) is 6.92 Å². The predicted octanol–water partition coefficient (Wildman–Crippen LogP) is 2.89. The van der Waals surface area contributed by atoms with Gasteiger partial charge in [-0.2, -0.15) is 0 Å². The predicted molar refractivity (Wildman–Crippen MR) is 68.8 cm³/mol. The number of rotatable bonds is 4. The van der Waals surface area contributed by atoms with Crippen molar-refractivity contribution >= 4 is 40.4 Å². The summed E-state index contributed by atoms with van der Waals surface area (Å²) in [5.41, 5.74) is 1.78. The maximum Gasteiger partial charge on any atom is 0.313 e. The van der Waals surface area contributed by atoms with Gasteiger partial charge in [-0.15, -0.1) is 0 Å². The molecule has 1 N–H and O–H groups in total. The van der Waals surface area contributed by atoms with Crippen LogP contribution in [-0.4, -0.2) is 26.4 Å². The third-order valence-electron chi connectivity index (χ3n) is 2.32. The number of imidazole rings is 1. The average molecular weight is 271 g/mol. The maximum atomic E-state index is 10.6. The average Bonchev–Trinajstić information content (AvgIpc) is 2.62. The van der Waals surface area contributed by atoms with Crippen molar-refractivity contribution in [2.24, 2.45) is 0 Å². The number of nitrogens with zero attached hydrogens (tertiary/aromatic N) is 2. The molecule has 0 aliphatic carbocycles. The molecule has 1 aromatic carbocycles. The van der Waals surface area contributed by atoms with Crippen molar-refractivity contribution in [3.05, 3.63) is 23.2 Å². The molecule has 2 rings (SSSR count). The van der Waals surface area contributed by atoms with Crippen LogP contribution in [0.5, 0.6) is 0 Å². The number of aryl methyl sites for hydroxylation is 1. The SMILES string of the molecule is CCn1c(SCC(=O)O)nc2cc(Cl)ccc21. The highest BCUT2D eigenvalue weighted by Gasteiger charge is 2.11. The van der Waals surface area contributed by atoms with Crippen molar-refractivity contribution in [1.82, 2.24) is 9.55 Å². The van der Waals surface area contributed by atoms with Gasteiger partial charge in [0.15, 0.2) is 5.16 Å². The maximum absolute atomic E-state index is 10.6. The fourth-order valence-electron chi connectivity index (χ4n) is 1.62. The zero-order valence-corrected chi connectivity index (χ0v) is 10.8. The topological polar surface area (TPSA) is 55.1 Å². The van der Waals surface area contributed by atoms with Gasteiger partial charge in [0.2, 0.25) is 0 Å². The summed E-state index contributed by atoms with van der Waals surface area (Å²) in [4.78, 5) is 15.0. The third-order valence-corrected chi connectivity index (χ3v) is 3.51. The van der Waals surface area contributed by atoms with Crippen molar-refractivity contribution in [1.29, 1.82) is 0 Å². The van der Waals surface area contributed by atoms with Crippen molar-refractivity contribution < 1.29 is 9.90 Å². The first-order chi connectivity index (χ1) is 8.11. The van der Waals surface area contributed by atoms with Gasteiger partial charge in [-0.3, -0.25) is 4.79 Å². The lowest BCUT2D eigenvalue weighted by molar-refractivity contribution is -0.133. The summed E-state index contributed by atoms with van der Waals surface area (Å²) >= 11 is 7.12. The smallest absolute Gasteiger partial charge is 0.313 e. The van der Waals surface area contributed by atoms with Gasteiger partial charge in [0.05, 0.1) is 16.8 Å². The monoisotopic (exact) mass is 270 g/mol. The molecule has 0 fully saturated rings. The zero-order valence-electron chi connectivity index (χ0n) is 9.18. The Morgan fingerprint density at radius 1 is 1.59 bits per heavy atom. The number of aromatic nitrogens is 2. The van der Waals surface area contributed by atoms with Crippen LogP contribution in [0.15, 0.2) is 23.4 Å². The third kappa shape index (κ3) is 2.56. The Hall–Kier alpha value is -1.20. The number of hydrogen-bond acceptors (Lipinski definition) is 3. The van der Waals surface area contributed by atoms with Gasteiger partial charge in [0.25, 0.3) is 0 Å². The number of fused-ring (bicyclic) bond motifs is 1. The van der Waals surface area contributed by atoms with E-state index < -0.39 is 5.97 Å². The van der Waals surface area contributed by atoms with Gasteiger partial charge >= 0.3 is 5.97 Å². The number of carboxylic acids is 1. The molecule has 1 aromatic heterocycles. The Bertz CT molecular complexity index is 568. The van der Waals surface area contributed by atoms with Gasteiger partial charge < -0.3 is 9.67 Å². The zero-order chi connectivity index (χ0) is 12.4. The molecule has 0 amide bonds. The molecule has 17 heavy (non-hydrogen) atoms. The van der Waals surface area contributed by atoms with Crippen molar-refractivity contribution in [2.75, 3.05) is 5.75 Å². The van der Waals surface area contributed by atoms with E-state index in [0.29, 0.717) is 10.2 Å². The van der Waals surface area contributed by atoms with Gasteiger partial charge in [-0.1, -0.05) is 23.4 Å². The van der Waals surface area contributed by atoms with Crippen LogP contribution in [0.2, 0.25) is 5.02 Å². The molecular formula is C11H11ClN2O2S. The molecule has 0 saturated heterocycles. The summed E-state index contributed by atoms with van der Waals surface area (Å²) in [6, 6.07) is 5.50. The van der Waals surface area contributed by atoms with Crippen molar-refractivity contribution in [3.8, 4) is 0 Å². The highest BCUT2D eigenvalue weighted by molar-refractivity contribution is 7.99. The number of hydrogen-bond donors (Lipinski definition) is 1. The molecule has 0 aliphatic rings. The Labute approximate surface area is 108 Å². The number of carbonyl (C=O) groups is 1. The number of benzene rings is 1. The Kier molecular flexibility index (Phi) is 3.59. The molecule has 90 valence electrons. The van der Waals surface area contributed by atoms with Crippen LogP contribution >= 0.6 is 23.4 Å². The molecule has 0 bridgehead atoms. The molecule has 6 heteroatoms. The minimum Gasteiger partial charge on any atom is -0.481 e. The molecule has 0 aliphatic heterocycles. The van der Waals surface area contributed by atoms with Crippen LogP contribution in [-0.2, 0) is 11.3 Å². The molecule has 0 unspecified atom stereocenters. The normalized spacial score (nSPS) is 10.9. The van der Waals surface area contributed by atoms with E-state index in [-0.39, 0.29) is 5.75 Å². The number of halogens is 1. The van der Waals surface area contributed by atoms with Crippen LogP contribution in [0.4, 0.5) is 0 Å². The molecule has 1 heterocycles. The van der Waals surface area contributed by atoms with E-state index in [4.69, 9.17) is 16.7 Å². The Balaban J connectivity index is 2.44. The summed E-state index contributed by atoms with van der Waals surface area (Å²) in [5, 5.41) is 10.0.